The standard InChI is InChI=1S/C12H10ClN3O2/c1-7-2-3-9(4-10(7)13)16-12-14-5-8(6-15-12)11(17)18/h2-6H,1H3,(H,17,18)(H,14,15,16). The number of nitrogens with one attached hydrogen (secondary N) is 1. The molecule has 0 spiro atoms. The van der Waals surface area contributed by atoms with Gasteiger partial charge in [0, 0.05) is 23.1 Å². The molecule has 0 saturated heterocycles. The van der Waals surface area contributed by atoms with Crippen LogP contribution in [0, 0.1) is 6.92 Å². The second kappa shape index (κ2) is 5.01. The molecule has 2 aromatic rings. The van der Waals surface area contributed by atoms with Crippen molar-refractivity contribution < 1.29 is 9.90 Å². The highest BCUT2D eigenvalue weighted by Gasteiger charge is 2.05. The van der Waals surface area contributed by atoms with Crippen molar-refractivity contribution in [1.82, 2.24) is 9.97 Å². The van der Waals surface area contributed by atoms with Gasteiger partial charge in [0.15, 0.2) is 0 Å². The maximum Gasteiger partial charge on any atom is 0.338 e. The molecule has 1 aromatic heterocycles. The first-order chi connectivity index (χ1) is 8.56. The summed E-state index contributed by atoms with van der Waals surface area (Å²) in [5.74, 6) is -0.736. The van der Waals surface area contributed by atoms with Crippen LogP contribution < -0.4 is 5.32 Å². The molecule has 92 valence electrons. The molecule has 0 atom stereocenters. The summed E-state index contributed by atoms with van der Waals surface area (Å²) in [6.07, 6.45) is 2.49. The van der Waals surface area contributed by atoms with Gasteiger partial charge < -0.3 is 10.4 Å². The van der Waals surface area contributed by atoms with E-state index in [-0.39, 0.29) is 5.56 Å². The summed E-state index contributed by atoms with van der Waals surface area (Å²) in [4.78, 5) is 18.4. The van der Waals surface area contributed by atoms with E-state index in [0.717, 1.165) is 11.3 Å². The van der Waals surface area contributed by atoms with Crippen LogP contribution in [0.15, 0.2) is 30.6 Å². The summed E-state index contributed by atoms with van der Waals surface area (Å²) in [5, 5.41) is 12.3. The lowest BCUT2D eigenvalue weighted by Gasteiger charge is -2.06. The van der Waals surface area contributed by atoms with E-state index in [2.05, 4.69) is 15.3 Å². The average molecular weight is 264 g/mol. The van der Waals surface area contributed by atoms with E-state index in [1.54, 1.807) is 6.07 Å². The van der Waals surface area contributed by atoms with Gasteiger partial charge in [-0.05, 0) is 24.6 Å². The van der Waals surface area contributed by atoms with Crippen LogP contribution in [0.4, 0.5) is 11.6 Å². The SMILES string of the molecule is Cc1ccc(Nc2ncc(C(=O)O)cn2)cc1Cl. The summed E-state index contributed by atoms with van der Waals surface area (Å²) < 4.78 is 0. The molecular weight excluding hydrogens is 254 g/mol. The molecule has 0 fully saturated rings. The molecular formula is C12H10ClN3O2. The monoisotopic (exact) mass is 263 g/mol. The molecule has 0 aliphatic heterocycles. The van der Waals surface area contributed by atoms with Gasteiger partial charge in [-0.15, -0.1) is 0 Å². The molecule has 18 heavy (non-hydrogen) atoms. The lowest BCUT2D eigenvalue weighted by molar-refractivity contribution is 0.0696. The minimum Gasteiger partial charge on any atom is -0.478 e. The molecule has 0 saturated carbocycles. The van der Waals surface area contributed by atoms with Gasteiger partial charge in [0.1, 0.15) is 0 Å². The highest BCUT2D eigenvalue weighted by atomic mass is 35.5. The maximum atomic E-state index is 10.6. The second-order valence-electron chi connectivity index (χ2n) is 3.69. The number of benzene rings is 1. The van der Waals surface area contributed by atoms with Crippen molar-refractivity contribution >= 4 is 29.2 Å². The van der Waals surface area contributed by atoms with Crippen LogP contribution in [0.1, 0.15) is 15.9 Å². The molecule has 0 unspecified atom stereocenters. The van der Waals surface area contributed by atoms with Crippen molar-refractivity contribution in [3.8, 4) is 0 Å². The Hall–Kier alpha value is -2.14. The van der Waals surface area contributed by atoms with E-state index >= 15 is 0 Å². The Bertz CT molecular complexity index is 584. The first-order valence-electron chi connectivity index (χ1n) is 5.15. The predicted molar refractivity (Wildman–Crippen MR) is 68.5 cm³/mol. The Morgan fingerprint density at radius 3 is 2.56 bits per heavy atom. The highest BCUT2D eigenvalue weighted by molar-refractivity contribution is 6.31. The minimum atomic E-state index is -1.06. The number of aromatic carboxylic acids is 1. The number of carboxylic acids is 1. The van der Waals surface area contributed by atoms with Gasteiger partial charge in [-0.2, -0.15) is 0 Å². The van der Waals surface area contributed by atoms with Gasteiger partial charge in [0.05, 0.1) is 5.56 Å². The molecule has 1 aromatic carbocycles. The maximum absolute atomic E-state index is 10.6. The zero-order chi connectivity index (χ0) is 13.1. The Labute approximate surface area is 108 Å². The fraction of sp³-hybridized carbons (Fsp3) is 0.0833. The largest absolute Gasteiger partial charge is 0.478 e. The second-order valence-corrected chi connectivity index (χ2v) is 4.10. The van der Waals surface area contributed by atoms with Crippen molar-refractivity contribution in [2.75, 3.05) is 5.32 Å². The molecule has 0 aliphatic carbocycles. The van der Waals surface area contributed by atoms with Gasteiger partial charge in [0.2, 0.25) is 5.95 Å². The van der Waals surface area contributed by atoms with Gasteiger partial charge in [-0.3, -0.25) is 0 Å². The van der Waals surface area contributed by atoms with E-state index < -0.39 is 5.97 Å². The van der Waals surface area contributed by atoms with Crippen LogP contribution in [-0.2, 0) is 0 Å². The number of hydrogen-bond acceptors (Lipinski definition) is 4. The van der Waals surface area contributed by atoms with Gasteiger partial charge in [0.25, 0.3) is 0 Å². The Morgan fingerprint density at radius 2 is 2.00 bits per heavy atom. The summed E-state index contributed by atoms with van der Waals surface area (Å²) in [5.41, 5.74) is 1.76. The quantitative estimate of drug-likeness (QED) is 0.891. The first kappa shape index (κ1) is 12.3. The summed E-state index contributed by atoms with van der Waals surface area (Å²) in [6, 6.07) is 5.47. The van der Waals surface area contributed by atoms with Gasteiger partial charge in [-0.25, -0.2) is 14.8 Å². The third kappa shape index (κ3) is 2.75. The minimum absolute atomic E-state index is 0.0440. The number of carbonyl (C=O) groups is 1. The van der Waals surface area contributed by atoms with Crippen LogP contribution in [-0.4, -0.2) is 21.0 Å². The number of nitrogens with zero attached hydrogens (tertiary/aromatic N) is 2. The molecule has 5 nitrogen and oxygen atoms in total. The van der Waals surface area contributed by atoms with Gasteiger partial charge in [-0.1, -0.05) is 17.7 Å². The Morgan fingerprint density at radius 1 is 1.33 bits per heavy atom. The topological polar surface area (TPSA) is 75.1 Å². The van der Waals surface area contributed by atoms with Crippen molar-refractivity contribution in [3.05, 3.63) is 46.7 Å². The number of aromatic nitrogens is 2. The number of rotatable bonds is 3. The Kier molecular flexibility index (Phi) is 3.43. The van der Waals surface area contributed by atoms with E-state index in [0.29, 0.717) is 11.0 Å². The third-order valence-corrected chi connectivity index (χ3v) is 2.73. The number of anilines is 2. The average Bonchev–Trinajstić information content (AvgIpc) is 2.34. The van der Waals surface area contributed by atoms with E-state index in [1.807, 2.05) is 19.1 Å². The van der Waals surface area contributed by atoms with Crippen molar-refractivity contribution in [2.45, 2.75) is 6.92 Å². The number of hydrogen-bond donors (Lipinski definition) is 2. The van der Waals surface area contributed by atoms with Crippen LogP contribution in [0.25, 0.3) is 0 Å². The van der Waals surface area contributed by atoms with E-state index in [4.69, 9.17) is 16.7 Å². The highest BCUT2D eigenvalue weighted by Crippen LogP contribution is 2.21. The number of carboxylic acid groups (broad SMARTS) is 1. The number of halogens is 1. The van der Waals surface area contributed by atoms with Crippen LogP contribution in [0.5, 0.6) is 0 Å². The number of aryl methyl sites for hydroxylation is 1. The molecule has 6 heteroatoms. The van der Waals surface area contributed by atoms with Crippen molar-refractivity contribution in [1.29, 1.82) is 0 Å². The summed E-state index contributed by atoms with van der Waals surface area (Å²) in [6.45, 7) is 1.91. The molecule has 0 radical (unpaired) electrons. The third-order valence-electron chi connectivity index (χ3n) is 2.33. The lowest BCUT2D eigenvalue weighted by atomic mass is 10.2. The normalized spacial score (nSPS) is 10.1. The zero-order valence-electron chi connectivity index (χ0n) is 9.51. The van der Waals surface area contributed by atoms with Crippen LogP contribution in [0.3, 0.4) is 0 Å². The summed E-state index contributed by atoms with van der Waals surface area (Å²) in [7, 11) is 0. The molecule has 0 aliphatic rings. The fourth-order valence-corrected chi connectivity index (χ4v) is 1.48. The predicted octanol–water partition coefficient (Wildman–Crippen LogP) is 2.88. The molecule has 1 heterocycles. The Balaban J connectivity index is 2.18. The van der Waals surface area contributed by atoms with E-state index in [1.165, 1.54) is 12.4 Å². The van der Waals surface area contributed by atoms with Crippen LogP contribution in [0.2, 0.25) is 5.02 Å². The zero-order valence-corrected chi connectivity index (χ0v) is 10.3. The smallest absolute Gasteiger partial charge is 0.338 e. The first-order valence-corrected chi connectivity index (χ1v) is 5.52. The van der Waals surface area contributed by atoms with Crippen molar-refractivity contribution in [2.24, 2.45) is 0 Å². The lowest BCUT2D eigenvalue weighted by Crippen LogP contribution is -2.02. The fourth-order valence-electron chi connectivity index (χ4n) is 1.30. The van der Waals surface area contributed by atoms with Gasteiger partial charge >= 0.3 is 5.97 Å². The summed E-state index contributed by atoms with van der Waals surface area (Å²) >= 11 is 5.99. The molecule has 2 rings (SSSR count). The molecule has 2 N–H and O–H groups in total. The molecule has 0 bridgehead atoms. The van der Waals surface area contributed by atoms with E-state index in [9.17, 15) is 4.79 Å². The molecule has 0 amide bonds. The van der Waals surface area contributed by atoms with Crippen LogP contribution >= 0.6 is 11.6 Å². The van der Waals surface area contributed by atoms with Crippen molar-refractivity contribution in [3.63, 3.8) is 0 Å².